The summed E-state index contributed by atoms with van der Waals surface area (Å²) < 4.78 is 5.94. The zero-order chi connectivity index (χ0) is 20.1. The summed E-state index contributed by atoms with van der Waals surface area (Å²) in [5.74, 6) is -0.158. The molecule has 2 atom stereocenters. The number of carbonyl (C=O) groups excluding carboxylic acids is 1. The van der Waals surface area contributed by atoms with Crippen LogP contribution in [0.4, 0.5) is 0 Å². The second-order valence-corrected chi connectivity index (χ2v) is 15.3. The average Bonchev–Trinajstić information content (AvgIpc) is 2.60. The summed E-state index contributed by atoms with van der Waals surface area (Å²) in [5.41, 5.74) is 0.814. The molecule has 1 aliphatic carbocycles. The van der Waals surface area contributed by atoms with Crippen LogP contribution in [0.25, 0.3) is 0 Å². The van der Waals surface area contributed by atoms with Crippen molar-refractivity contribution in [3.05, 3.63) is 35.9 Å². The Morgan fingerprint density at radius 1 is 1.15 bits per heavy atom. The molecule has 1 N–H and O–H groups in total. The molecular weight excluding hydrogens is 352 g/mol. The highest BCUT2D eigenvalue weighted by molar-refractivity contribution is 6.84. The van der Waals surface area contributed by atoms with Crippen LogP contribution >= 0.6 is 0 Å². The van der Waals surface area contributed by atoms with Crippen molar-refractivity contribution >= 4 is 14.0 Å². The fourth-order valence-corrected chi connectivity index (χ4v) is 6.66. The minimum absolute atomic E-state index is 0.0109. The first-order valence-corrected chi connectivity index (χ1v) is 13.6. The van der Waals surface area contributed by atoms with Gasteiger partial charge in [0.15, 0.2) is 0 Å². The Balaban J connectivity index is 2.13. The van der Waals surface area contributed by atoms with Crippen molar-refractivity contribution in [3.8, 4) is 0 Å². The molecule has 0 aliphatic heterocycles. The minimum Gasteiger partial charge on any atom is -0.462 e. The maximum Gasteiger partial charge on any atom is 0.309 e. The number of rotatable bonds is 7. The molecule has 0 heterocycles. The smallest absolute Gasteiger partial charge is 0.309 e. The summed E-state index contributed by atoms with van der Waals surface area (Å²) in [5, 5.41) is 11.1. The van der Waals surface area contributed by atoms with Crippen molar-refractivity contribution in [1.29, 1.82) is 0 Å². The van der Waals surface area contributed by atoms with E-state index in [0.717, 1.165) is 32.1 Å². The number of carbonyl (C=O) groups is 1. The molecule has 1 aromatic rings. The lowest BCUT2D eigenvalue weighted by Crippen LogP contribution is -2.51. The van der Waals surface area contributed by atoms with Gasteiger partial charge in [0.2, 0.25) is 0 Å². The number of benzene rings is 1. The molecule has 0 spiro atoms. The van der Waals surface area contributed by atoms with Gasteiger partial charge in [0.1, 0.15) is 6.10 Å². The van der Waals surface area contributed by atoms with Gasteiger partial charge in [-0.2, -0.15) is 0 Å². The Morgan fingerprint density at radius 3 is 2.30 bits per heavy atom. The SMILES string of the molecule is CC(C)(C)[Si](C)(C)[C@@H](C(=O)OC1CCCCC1)[C@H](O)CCc1ccccc1. The van der Waals surface area contributed by atoms with Crippen molar-refractivity contribution < 1.29 is 14.6 Å². The Morgan fingerprint density at radius 2 is 1.74 bits per heavy atom. The maximum atomic E-state index is 13.2. The molecule has 152 valence electrons. The Kier molecular flexibility index (Phi) is 7.70. The van der Waals surface area contributed by atoms with E-state index in [9.17, 15) is 9.90 Å². The monoisotopic (exact) mass is 390 g/mol. The van der Waals surface area contributed by atoms with Gasteiger partial charge in [0, 0.05) is 0 Å². The highest BCUT2D eigenvalue weighted by Gasteiger charge is 2.50. The molecule has 0 aromatic heterocycles. The molecule has 4 heteroatoms. The fraction of sp³-hybridized carbons (Fsp3) is 0.696. The van der Waals surface area contributed by atoms with E-state index in [-0.39, 0.29) is 22.7 Å². The van der Waals surface area contributed by atoms with Crippen LogP contribution in [0.15, 0.2) is 30.3 Å². The average molecular weight is 391 g/mol. The van der Waals surface area contributed by atoms with Gasteiger partial charge in [-0.15, -0.1) is 0 Å². The van der Waals surface area contributed by atoms with E-state index in [4.69, 9.17) is 4.74 Å². The molecular formula is C23H38O3Si. The van der Waals surface area contributed by atoms with Gasteiger partial charge < -0.3 is 9.84 Å². The van der Waals surface area contributed by atoms with Gasteiger partial charge in [-0.05, 0) is 49.1 Å². The Hall–Kier alpha value is -1.13. The number of esters is 1. The summed E-state index contributed by atoms with van der Waals surface area (Å²) in [6.45, 7) is 11.1. The number of ether oxygens (including phenoxy) is 1. The van der Waals surface area contributed by atoms with Crippen molar-refractivity contribution in [2.24, 2.45) is 0 Å². The standard InChI is InChI=1S/C23H38O3Si/c1-23(2,3)27(4,5)21(22(25)26-19-14-10-7-11-15-19)20(24)17-16-18-12-8-6-9-13-18/h6,8-9,12-13,19-21,24H,7,10-11,14-17H2,1-5H3/t20-,21-/m1/s1. The van der Waals surface area contributed by atoms with Gasteiger partial charge in [0.05, 0.1) is 19.7 Å². The predicted octanol–water partition coefficient (Wildman–Crippen LogP) is 5.73. The van der Waals surface area contributed by atoms with Crippen LogP contribution in [-0.4, -0.2) is 31.4 Å². The van der Waals surface area contributed by atoms with Crippen molar-refractivity contribution in [2.75, 3.05) is 0 Å². The van der Waals surface area contributed by atoms with Crippen LogP contribution in [0.3, 0.4) is 0 Å². The van der Waals surface area contributed by atoms with Gasteiger partial charge in [-0.3, -0.25) is 4.79 Å². The topological polar surface area (TPSA) is 46.5 Å². The van der Waals surface area contributed by atoms with Crippen LogP contribution in [0.1, 0.15) is 64.9 Å². The molecule has 1 aliphatic rings. The lowest BCUT2D eigenvalue weighted by Gasteiger charge is -2.44. The van der Waals surface area contributed by atoms with E-state index in [1.165, 1.54) is 12.0 Å². The zero-order valence-electron chi connectivity index (χ0n) is 17.8. The van der Waals surface area contributed by atoms with E-state index in [2.05, 4.69) is 46.0 Å². The van der Waals surface area contributed by atoms with Gasteiger partial charge in [-0.1, -0.05) is 70.6 Å². The van der Waals surface area contributed by atoms with Crippen LogP contribution in [0, 0.1) is 0 Å². The first-order valence-electron chi connectivity index (χ1n) is 10.6. The van der Waals surface area contributed by atoms with Gasteiger partial charge in [-0.25, -0.2) is 0 Å². The van der Waals surface area contributed by atoms with Gasteiger partial charge in [0.25, 0.3) is 0 Å². The first-order chi connectivity index (χ1) is 12.6. The summed E-state index contributed by atoms with van der Waals surface area (Å²) in [6.07, 6.45) is 6.22. The molecule has 2 rings (SSSR count). The molecule has 1 fully saturated rings. The Bertz CT molecular complexity index is 585. The lowest BCUT2D eigenvalue weighted by molar-refractivity contribution is -0.153. The summed E-state index contributed by atoms with van der Waals surface area (Å²) in [7, 11) is -2.11. The molecule has 0 bridgehead atoms. The van der Waals surface area contributed by atoms with Crippen LogP contribution in [0.2, 0.25) is 23.7 Å². The van der Waals surface area contributed by atoms with Crippen molar-refractivity contribution in [1.82, 2.24) is 0 Å². The normalized spacial score (nSPS) is 18.7. The second-order valence-electron chi connectivity index (χ2n) is 9.74. The second kappa shape index (κ2) is 9.38. The quantitative estimate of drug-likeness (QED) is 0.477. The molecule has 3 nitrogen and oxygen atoms in total. The van der Waals surface area contributed by atoms with E-state index in [1.807, 2.05) is 18.2 Å². The summed E-state index contributed by atoms with van der Waals surface area (Å²) in [4.78, 5) is 13.2. The fourth-order valence-electron chi connectivity index (χ4n) is 3.95. The molecule has 1 saturated carbocycles. The van der Waals surface area contributed by atoms with E-state index in [0.29, 0.717) is 6.42 Å². The third kappa shape index (κ3) is 5.92. The highest BCUT2D eigenvalue weighted by atomic mass is 28.3. The van der Waals surface area contributed by atoms with E-state index >= 15 is 0 Å². The summed E-state index contributed by atoms with van der Waals surface area (Å²) in [6, 6.07) is 10.2. The third-order valence-corrected chi connectivity index (χ3v) is 12.8. The largest absolute Gasteiger partial charge is 0.462 e. The Labute approximate surface area is 166 Å². The number of hydrogen-bond acceptors (Lipinski definition) is 3. The van der Waals surface area contributed by atoms with E-state index in [1.54, 1.807) is 0 Å². The van der Waals surface area contributed by atoms with E-state index < -0.39 is 14.2 Å². The number of hydrogen-bond donors (Lipinski definition) is 1. The molecule has 1 aromatic carbocycles. The molecule has 0 saturated heterocycles. The molecule has 27 heavy (non-hydrogen) atoms. The molecule has 0 unspecified atom stereocenters. The molecule has 0 radical (unpaired) electrons. The van der Waals surface area contributed by atoms with Gasteiger partial charge >= 0.3 is 5.97 Å². The van der Waals surface area contributed by atoms with Crippen LogP contribution in [0.5, 0.6) is 0 Å². The van der Waals surface area contributed by atoms with Crippen molar-refractivity contribution in [3.63, 3.8) is 0 Å². The number of aliphatic hydroxyl groups is 1. The third-order valence-electron chi connectivity index (χ3n) is 6.76. The number of aryl methyl sites for hydroxylation is 1. The lowest BCUT2D eigenvalue weighted by atomic mass is 9.98. The first kappa shape index (κ1) is 22.2. The molecule has 0 amide bonds. The highest BCUT2D eigenvalue weighted by Crippen LogP contribution is 2.46. The number of aliphatic hydroxyl groups excluding tert-OH is 1. The van der Waals surface area contributed by atoms with Crippen molar-refractivity contribution in [2.45, 2.75) is 102 Å². The predicted molar refractivity (Wildman–Crippen MR) is 115 cm³/mol. The van der Waals surface area contributed by atoms with Crippen LogP contribution in [-0.2, 0) is 16.0 Å². The minimum atomic E-state index is -2.11. The summed E-state index contributed by atoms with van der Waals surface area (Å²) >= 11 is 0. The zero-order valence-corrected chi connectivity index (χ0v) is 18.8. The van der Waals surface area contributed by atoms with Crippen LogP contribution < -0.4 is 0 Å². The maximum absolute atomic E-state index is 13.2.